The summed E-state index contributed by atoms with van der Waals surface area (Å²) in [5.74, 6) is 0.789. The molecule has 28 heavy (non-hydrogen) atoms. The maximum atomic E-state index is 12.7. The Morgan fingerprint density at radius 2 is 1.86 bits per heavy atom. The van der Waals surface area contributed by atoms with Crippen molar-refractivity contribution < 1.29 is 4.79 Å². The number of carbonyl (C=O) groups excluding carboxylic acids is 1. The smallest absolute Gasteiger partial charge is 0.237 e. The van der Waals surface area contributed by atoms with Gasteiger partial charge in [-0.05, 0) is 57.9 Å². The first-order valence-corrected chi connectivity index (χ1v) is 10.3. The maximum absolute atomic E-state index is 12.7. The van der Waals surface area contributed by atoms with Crippen LogP contribution in [-0.2, 0) is 11.3 Å². The number of anilines is 1. The fourth-order valence-corrected chi connectivity index (χ4v) is 3.89. The molecule has 146 valence electrons. The number of hydrogen-bond acceptors (Lipinski definition) is 4. The minimum absolute atomic E-state index is 0.0403. The second kappa shape index (κ2) is 8.61. The van der Waals surface area contributed by atoms with E-state index in [9.17, 15) is 4.79 Å². The lowest BCUT2D eigenvalue weighted by Gasteiger charge is -2.14. The molecule has 1 atom stereocenters. The van der Waals surface area contributed by atoms with Gasteiger partial charge >= 0.3 is 0 Å². The predicted octanol–water partition coefficient (Wildman–Crippen LogP) is 5.01. The van der Waals surface area contributed by atoms with Gasteiger partial charge in [-0.15, -0.1) is 10.2 Å². The van der Waals surface area contributed by atoms with Crippen molar-refractivity contribution in [3.8, 4) is 11.4 Å². The van der Waals surface area contributed by atoms with E-state index in [1.54, 1.807) is 0 Å². The molecule has 1 N–H and O–H groups in total. The molecule has 0 aliphatic carbocycles. The van der Waals surface area contributed by atoms with Crippen LogP contribution in [0.3, 0.4) is 0 Å². The predicted molar refractivity (Wildman–Crippen MR) is 116 cm³/mol. The fourth-order valence-electron chi connectivity index (χ4n) is 2.98. The van der Waals surface area contributed by atoms with Crippen molar-refractivity contribution in [3.63, 3.8) is 0 Å². The number of aromatic nitrogens is 3. The monoisotopic (exact) mass is 394 g/mol. The first kappa shape index (κ1) is 20.1. The van der Waals surface area contributed by atoms with E-state index in [2.05, 4.69) is 46.1 Å². The van der Waals surface area contributed by atoms with Crippen molar-refractivity contribution in [2.75, 3.05) is 5.32 Å². The molecule has 3 rings (SSSR count). The van der Waals surface area contributed by atoms with Crippen LogP contribution in [0.2, 0.25) is 0 Å². The van der Waals surface area contributed by atoms with Gasteiger partial charge in [0.1, 0.15) is 0 Å². The SMILES string of the molecule is CCn1c(SC(C)C(=O)Nc2cc(C)ccc2C)nnc1-c1cccc(C)c1. The average molecular weight is 395 g/mol. The molecular weight excluding hydrogens is 368 g/mol. The molecule has 5 nitrogen and oxygen atoms in total. The average Bonchev–Trinajstić information content (AvgIpc) is 3.07. The third kappa shape index (κ3) is 4.44. The van der Waals surface area contributed by atoms with E-state index in [0.29, 0.717) is 0 Å². The Kier molecular flexibility index (Phi) is 6.19. The lowest BCUT2D eigenvalue weighted by Crippen LogP contribution is -2.23. The molecule has 0 fully saturated rings. The minimum atomic E-state index is -0.292. The topological polar surface area (TPSA) is 59.8 Å². The number of aryl methyl sites for hydroxylation is 3. The highest BCUT2D eigenvalue weighted by molar-refractivity contribution is 8.00. The van der Waals surface area contributed by atoms with Crippen LogP contribution in [0.1, 0.15) is 30.5 Å². The Morgan fingerprint density at radius 1 is 1.11 bits per heavy atom. The molecule has 0 saturated heterocycles. The molecule has 0 aliphatic rings. The standard InChI is InChI=1S/C22H26N4OS/c1-6-26-20(18-9-7-8-14(2)12-18)24-25-22(26)28-17(5)21(27)23-19-13-15(3)10-11-16(19)4/h7-13,17H,6H2,1-5H3,(H,23,27). The Hall–Kier alpha value is -2.60. The molecule has 0 spiro atoms. The molecule has 2 aromatic carbocycles. The van der Waals surface area contributed by atoms with Gasteiger partial charge in [-0.2, -0.15) is 0 Å². The van der Waals surface area contributed by atoms with Crippen LogP contribution in [0.25, 0.3) is 11.4 Å². The van der Waals surface area contributed by atoms with E-state index in [4.69, 9.17) is 0 Å². The zero-order chi connectivity index (χ0) is 20.3. The quantitative estimate of drug-likeness (QED) is 0.597. The molecule has 6 heteroatoms. The van der Waals surface area contributed by atoms with E-state index in [-0.39, 0.29) is 11.2 Å². The zero-order valence-corrected chi connectivity index (χ0v) is 17.8. The van der Waals surface area contributed by atoms with Crippen LogP contribution < -0.4 is 5.32 Å². The Morgan fingerprint density at radius 3 is 2.57 bits per heavy atom. The highest BCUT2D eigenvalue weighted by Gasteiger charge is 2.21. The van der Waals surface area contributed by atoms with Crippen molar-refractivity contribution in [2.24, 2.45) is 0 Å². The first-order chi connectivity index (χ1) is 13.4. The summed E-state index contributed by atoms with van der Waals surface area (Å²) in [6.45, 7) is 10.8. The number of nitrogens with zero attached hydrogens (tertiary/aromatic N) is 3. The van der Waals surface area contributed by atoms with Crippen LogP contribution in [0.4, 0.5) is 5.69 Å². The Labute approximate surface area is 170 Å². The highest BCUT2D eigenvalue weighted by atomic mass is 32.2. The first-order valence-electron chi connectivity index (χ1n) is 9.44. The lowest BCUT2D eigenvalue weighted by atomic mass is 10.1. The number of carbonyl (C=O) groups is 1. The maximum Gasteiger partial charge on any atom is 0.237 e. The van der Waals surface area contributed by atoms with Crippen LogP contribution in [0, 0.1) is 20.8 Å². The van der Waals surface area contributed by atoms with Crippen molar-refractivity contribution in [2.45, 2.75) is 51.6 Å². The summed E-state index contributed by atoms with van der Waals surface area (Å²) in [6.07, 6.45) is 0. The molecule has 0 bridgehead atoms. The van der Waals surface area contributed by atoms with Gasteiger partial charge in [0.2, 0.25) is 5.91 Å². The van der Waals surface area contributed by atoms with E-state index in [1.165, 1.54) is 17.3 Å². The minimum Gasteiger partial charge on any atom is -0.325 e. The highest BCUT2D eigenvalue weighted by Crippen LogP contribution is 2.28. The summed E-state index contributed by atoms with van der Waals surface area (Å²) >= 11 is 1.43. The van der Waals surface area contributed by atoms with E-state index in [1.807, 2.05) is 51.1 Å². The summed E-state index contributed by atoms with van der Waals surface area (Å²) in [7, 11) is 0. The van der Waals surface area contributed by atoms with Gasteiger partial charge in [0, 0.05) is 17.8 Å². The largest absolute Gasteiger partial charge is 0.325 e. The van der Waals surface area contributed by atoms with Gasteiger partial charge < -0.3 is 9.88 Å². The summed E-state index contributed by atoms with van der Waals surface area (Å²) < 4.78 is 2.06. The molecule has 0 saturated carbocycles. The van der Waals surface area contributed by atoms with Gasteiger partial charge in [0.15, 0.2) is 11.0 Å². The number of thioether (sulfide) groups is 1. The Bertz CT molecular complexity index is 996. The van der Waals surface area contributed by atoms with Crippen molar-refractivity contribution in [1.82, 2.24) is 14.8 Å². The van der Waals surface area contributed by atoms with Crippen LogP contribution in [0.5, 0.6) is 0 Å². The number of hydrogen-bond donors (Lipinski definition) is 1. The van der Waals surface area contributed by atoms with Crippen LogP contribution in [-0.4, -0.2) is 25.9 Å². The summed E-state index contributed by atoms with van der Waals surface area (Å²) in [6, 6.07) is 14.3. The normalized spacial score (nSPS) is 12.0. The zero-order valence-electron chi connectivity index (χ0n) is 17.0. The van der Waals surface area contributed by atoms with Crippen LogP contribution >= 0.6 is 11.8 Å². The van der Waals surface area contributed by atoms with Gasteiger partial charge in [-0.25, -0.2) is 0 Å². The molecule has 0 aliphatic heterocycles. The molecule has 1 aromatic heterocycles. The summed E-state index contributed by atoms with van der Waals surface area (Å²) in [5, 5.41) is 12.2. The molecule has 1 unspecified atom stereocenters. The molecular formula is C22H26N4OS. The van der Waals surface area contributed by atoms with Crippen molar-refractivity contribution in [1.29, 1.82) is 0 Å². The van der Waals surface area contributed by atoms with Crippen molar-refractivity contribution >= 4 is 23.4 Å². The van der Waals surface area contributed by atoms with Gasteiger partial charge in [0.05, 0.1) is 5.25 Å². The number of nitrogens with one attached hydrogen (secondary N) is 1. The van der Waals surface area contributed by atoms with Gasteiger partial charge in [-0.3, -0.25) is 4.79 Å². The number of rotatable bonds is 6. The van der Waals surface area contributed by atoms with E-state index in [0.717, 1.165) is 39.9 Å². The van der Waals surface area contributed by atoms with Crippen molar-refractivity contribution in [3.05, 3.63) is 59.2 Å². The Balaban J connectivity index is 1.77. The third-order valence-electron chi connectivity index (χ3n) is 4.61. The lowest BCUT2D eigenvalue weighted by molar-refractivity contribution is -0.115. The molecule has 0 radical (unpaired) electrons. The number of benzene rings is 2. The molecule has 1 amide bonds. The van der Waals surface area contributed by atoms with E-state index >= 15 is 0 Å². The second-order valence-corrected chi connectivity index (χ2v) is 8.30. The summed E-state index contributed by atoms with van der Waals surface area (Å²) in [5.41, 5.74) is 5.24. The second-order valence-electron chi connectivity index (χ2n) is 6.99. The molecule has 3 aromatic rings. The van der Waals surface area contributed by atoms with Gasteiger partial charge in [0.25, 0.3) is 0 Å². The van der Waals surface area contributed by atoms with Gasteiger partial charge in [-0.1, -0.05) is 47.7 Å². The molecule has 1 heterocycles. The van der Waals surface area contributed by atoms with Crippen LogP contribution in [0.15, 0.2) is 47.6 Å². The summed E-state index contributed by atoms with van der Waals surface area (Å²) in [4.78, 5) is 12.7. The van der Waals surface area contributed by atoms with E-state index < -0.39 is 0 Å². The third-order valence-corrected chi connectivity index (χ3v) is 5.69. The fraction of sp³-hybridized carbons (Fsp3) is 0.318. The number of amides is 1.